The highest BCUT2D eigenvalue weighted by Crippen LogP contribution is 2.07. The van der Waals surface area contributed by atoms with E-state index in [0.717, 1.165) is 19.6 Å². The zero-order valence-electron chi connectivity index (χ0n) is 10.2. The lowest BCUT2D eigenvalue weighted by Gasteiger charge is -2.31. The number of rotatable bonds is 3. The minimum atomic E-state index is -0.0487. The molecule has 94 valence electrons. The van der Waals surface area contributed by atoms with Crippen LogP contribution >= 0.6 is 0 Å². The molecule has 0 radical (unpaired) electrons. The van der Waals surface area contributed by atoms with Gasteiger partial charge in [-0.25, -0.2) is 0 Å². The van der Waals surface area contributed by atoms with Crippen molar-refractivity contribution in [2.24, 2.45) is 0 Å². The van der Waals surface area contributed by atoms with Crippen molar-refractivity contribution in [1.82, 2.24) is 15.4 Å². The molecule has 0 aliphatic carbocycles. The van der Waals surface area contributed by atoms with Gasteiger partial charge in [0.2, 0.25) is 5.91 Å². The molecule has 0 aromatic carbocycles. The van der Waals surface area contributed by atoms with Crippen LogP contribution in [0.3, 0.4) is 0 Å². The minimum absolute atomic E-state index is 0.0487. The van der Waals surface area contributed by atoms with E-state index >= 15 is 0 Å². The van der Waals surface area contributed by atoms with Gasteiger partial charge in [0.25, 0.3) is 0 Å². The van der Waals surface area contributed by atoms with Crippen molar-refractivity contribution in [3.8, 4) is 0 Å². The Morgan fingerprint density at radius 2 is 2.59 bits per heavy atom. The Hall–Kier alpha value is -1.40. The second-order valence-electron chi connectivity index (χ2n) is 4.46. The highest BCUT2D eigenvalue weighted by molar-refractivity contribution is 5.91. The van der Waals surface area contributed by atoms with Crippen LogP contribution in [0.5, 0.6) is 0 Å². The van der Waals surface area contributed by atoms with Crippen LogP contribution in [0.25, 0.3) is 0 Å². The standard InChI is InChI=1S/C11H18N4O2/c1-8-6-15(4-3-12-8)7-11(16)13-10-5-9(2)17-14-10/h5,8,12H,3-4,6-7H2,1-2H3,(H,13,14,16)/t8-/m1/s1. The van der Waals surface area contributed by atoms with Gasteiger partial charge in [-0.3, -0.25) is 9.69 Å². The molecule has 1 fully saturated rings. The summed E-state index contributed by atoms with van der Waals surface area (Å²) in [6.45, 7) is 7.03. The minimum Gasteiger partial charge on any atom is -0.360 e. The fraction of sp³-hybridized carbons (Fsp3) is 0.636. The Kier molecular flexibility index (Phi) is 3.75. The van der Waals surface area contributed by atoms with Crippen LogP contribution in [-0.2, 0) is 4.79 Å². The normalized spacial score (nSPS) is 21.4. The predicted octanol–water partition coefficient (Wildman–Crippen LogP) is 0.215. The first-order chi connectivity index (χ1) is 8.13. The van der Waals surface area contributed by atoms with E-state index in [9.17, 15) is 4.79 Å². The maximum atomic E-state index is 11.7. The monoisotopic (exact) mass is 238 g/mol. The van der Waals surface area contributed by atoms with E-state index in [1.807, 2.05) is 0 Å². The molecule has 1 aromatic heterocycles. The van der Waals surface area contributed by atoms with Crippen molar-refractivity contribution in [1.29, 1.82) is 0 Å². The zero-order chi connectivity index (χ0) is 12.3. The number of anilines is 1. The summed E-state index contributed by atoms with van der Waals surface area (Å²) in [7, 11) is 0. The first-order valence-corrected chi connectivity index (χ1v) is 5.82. The van der Waals surface area contributed by atoms with E-state index in [2.05, 4.69) is 27.6 Å². The summed E-state index contributed by atoms with van der Waals surface area (Å²) < 4.78 is 4.88. The number of aromatic nitrogens is 1. The summed E-state index contributed by atoms with van der Waals surface area (Å²) in [5.41, 5.74) is 0. The van der Waals surface area contributed by atoms with E-state index in [1.54, 1.807) is 13.0 Å². The fourth-order valence-electron chi connectivity index (χ4n) is 1.97. The van der Waals surface area contributed by atoms with Gasteiger partial charge in [-0.2, -0.15) is 0 Å². The number of hydrogen-bond acceptors (Lipinski definition) is 5. The molecule has 2 heterocycles. The third-order valence-electron chi connectivity index (χ3n) is 2.72. The molecule has 0 unspecified atom stereocenters. The molecule has 0 saturated carbocycles. The molecule has 0 spiro atoms. The molecule has 6 heteroatoms. The van der Waals surface area contributed by atoms with Crippen molar-refractivity contribution >= 4 is 11.7 Å². The largest absolute Gasteiger partial charge is 0.360 e. The number of amides is 1. The van der Waals surface area contributed by atoms with Gasteiger partial charge in [0.05, 0.1) is 6.54 Å². The van der Waals surface area contributed by atoms with E-state index in [-0.39, 0.29) is 5.91 Å². The number of aryl methyl sites for hydroxylation is 1. The quantitative estimate of drug-likeness (QED) is 0.788. The van der Waals surface area contributed by atoms with Crippen LogP contribution in [0, 0.1) is 6.92 Å². The van der Waals surface area contributed by atoms with Gasteiger partial charge in [0.1, 0.15) is 5.76 Å². The maximum absolute atomic E-state index is 11.7. The Labute approximate surface area is 100 Å². The van der Waals surface area contributed by atoms with Crippen LogP contribution in [0.4, 0.5) is 5.82 Å². The van der Waals surface area contributed by atoms with Crippen molar-refractivity contribution in [2.75, 3.05) is 31.5 Å². The van der Waals surface area contributed by atoms with Crippen molar-refractivity contribution in [3.63, 3.8) is 0 Å². The van der Waals surface area contributed by atoms with Gasteiger partial charge in [0.15, 0.2) is 5.82 Å². The molecule has 1 saturated heterocycles. The van der Waals surface area contributed by atoms with Crippen molar-refractivity contribution in [2.45, 2.75) is 19.9 Å². The number of nitrogens with zero attached hydrogens (tertiary/aromatic N) is 2. The molecule has 1 amide bonds. The van der Waals surface area contributed by atoms with Crippen LogP contribution in [0.1, 0.15) is 12.7 Å². The Morgan fingerprint density at radius 3 is 3.24 bits per heavy atom. The van der Waals surface area contributed by atoms with E-state index in [1.165, 1.54) is 0 Å². The molecule has 0 bridgehead atoms. The van der Waals surface area contributed by atoms with Crippen LogP contribution in [-0.4, -0.2) is 48.2 Å². The molecular formula is C11H18N4O2. The molecule has 6 nitrogen and oxygen atoms in total. The topological polar surface area (TPSA) is 70.4 Å². The van der Waals surface area contributed by atoms with E-state index in [0.29, 0.717) is 24.2 Å². The van der Waals surface area contributed by atoms with Crippen LogP contribution < -0.4 is 10.6 Å². The number of carbonyl (C=O) groups excluding carboxylic acids is 1. The third kappa shape index (κ3) is 3.54. The van der Waals surface area contributed by atoms with Gasteiger partial charge >= 0.3 is 0 Å². The molecule has 17 heavy (non-hydrogen) atoms. The van der Waals surface area contributed by atoms with Crippen LogP contribution in [0.2, 0.25) is 0 Å². The first-order valence-electron chi connectivity index (χ1n) is 5.82. The number of carbonyl (C=O) groups is 1. The summed E-state index contributed by atoms with van der Waals surface area (Å²) in [6, 6.07) is 2.14. The van der Waals surface area contributed by atoms with Gasteiger partial charge in [-0.15, -0.1) is 0 Å². The molecule has 1 aliphatic rings. The summed E-state index contributed by atoms with van der Waals surface area (Å²) >= 11 is 0. The third-order valence-corrected chi connectivity index (χ3v) is 2.72. The second kappa shape index (κ2) is 5.29. The number of nitrogens with one attached hydrogen (secondary N) is 2. The predicted molar refractivity (Wildman–Crippen MR) is 63.8 cm³/mol. The summed E-state index contributed by atoms with van der Waals surface area (Å²) in [5.74, 6) is 1.12. The van der Waals surface area contributed by atoms with Crippen molar-refractivity contribution < 1.29 is 9.32 Å². The molecule has 2 N–H and O–H groups in total. The van der Waals surface area contributed by atoms with Gasteiger partial charge in [-0.05, 0) is 13.8 Å². The summed E-state index contributed by atoms with van der Waals surface area (Å²) in [4.78, 5) is 13.9. The SMILES string of the molecule is Cc1cc(NC(=O)CN2CCN[C@H](C)C2)no1. The smallest absolute Gasteiger partial charge is 0.239 e. The zero-order valence-corrected chi connectivity index (χ0v) is 10.2. The van der Waals surface area contributed by atoms with Gasteiger partial charge in [0, 0.05) is 31.7 Å². The van der Waals surface area contributed by atoms with Gasteiger partial charge in [-0.1, -0.05) is 5.16 Å². The fourth-order valence-corrected chi connectivity index (χ4v) is 1.97. The molecular weight excluding hydrogens is 220 g/mol. The molecule has 2 rings (SSSR count). The summed E-state index contributed by atoms with van der Waals surface area (Å²) in [5, 5.41) is 9.78. The second-order valence-corrected chi connectivity index (χ2v) is 4.46. The average molecular weight is 238 g/mol. The number of piperazine rings is 1. The lowest BCUT2D eigenvalue weighted by molar-refractivity contribution is -0.117. The average Bonchev–Trinajstić information content (AvgIpc) is 2.63. The lowest BCUT2D eigenvalue weighted by atomic mass is 10.2. The van der Waals surface area contributed by atoms with Crippen molar-refractivity contribution in [3.05, 3.63) is 11.8 Å². The highest BCUT2D eigenvalue weighted by atomic mass is 16.5. The molecule has 1 aliphatic heterocycles. The van der Waals surface area contributed by atoms with E-state index in [4.69, 9.17) is 4.52 Å². The lowest BCUT2D eigenvalue weighted by Crippen LogP contribution is -2.51. The highest BCUT2D eigenvalue weighted by Gasteiger charge is 2.18. The molecule has 1 atom stereocenters. The Bertz CT molecular complexity index is 391. The maximum Gasteiger partial charge on any atom is 0.239 e. The number of hydrogen-bond donors (Lipinski definition) is 2. The first kappa shape index (κ1) is 12.1. The van der Waals surface area contributed by atoms with E-state index < -0.39 is 0 Å². The van der Waals surface area contributed by atoms with Gasteiger partial charge < -0.3 is 15.2 Å². The van der Waals surface area contributed by atoms with Crippen LogP contribution in [0.15, 0.2) is 10.6 Å². The molecule has 1 aromatic rings. The Balaban J connectivity index is 1.80. The Morgan fingerprint density at radius 1 is 1.76 bits per heavy atom. The summed E-state index contributed by atoms with van der Waals surface area (Å²) in [6.07, 6.45) is 0.